The summed E-state index contributed by atoms with van der Waals surface area (Å²) in [6.07, 6.45) is 0. The Morgan fingerprint density at radius 3 is 2.60 bits per heavy atom. The molecule has 0 spiro atoms. The van der Waals surface area contributed by atoms with Crippen LogP contribution >= 0.6 is 23.2 Å². The van der Waals surface area contributed by atoms with Gasteiger partial charge in [-0.25, -0.2) is 9.37 Å². The molecule has 0 aliphatic rings. The van der Waals surface area contributed by atoms with Gasteiger partial charge in [0.25, 0.3) is 0 Å². The van der Waals surface area contributed by atoms with Gasteiger partial charge < -0.3 is 4.74 Å². The van der Waals surface area contributed by atoms with Crippen molar-refractivity contribution in [3.63, 3.8) is 0 Å². The van der Waals surface area contributed by atoms with E-state index in [1.165, 1.54) is 12.1 Å². The second-order valence-corrected chi connectivity index (χ2v) is 4.74. The number of ether oxygens (including phenoxy) is 1. The zero-order valence-corrected chi connectivity index (χ0v) is 11.5. The van der Waals surface area contributed by atoms with Crippen molar-refractivity contribution in [1.82, 2.24) is 9.97 Å². The minimum Gasteiger partial charge on any atom is -0.438 e. The van der Waals surface area contributed by atoms with Gasteiger partial charge in [0, 0.05) is 6.07 Å². The van der Waals surface area contributed by atoms with Gasteiger partial charge >= 0.3 is 0 Å². The van der Waals surface area contributed by atoms with Crippen LogP contribution in [0.25, 0.3) is 10.9 Å². The van der Waals surface area contributed by atoms with Gasteiger partial charge in [0.05, 0.1) is 15.9 Å². The lowest BCUT2D eigenvalue weighted by molar-refractivity contribution is 0.463. The van der Waals surface area contributed by atoms with E-state index >= 15 is 0 Å². The molecule has 3 aromatic rings. The Morgan fingerprint density at radius 2 is 1.80 bits per heavy atom. The fourth-order valence-corrected chi connectivity index (χ4v) is 2.04. The van der Waals surface area contributed by atoms with E-state index in [0.717, 1.165) is 0 Å². The fraction of sp³-hybridized carbons (Fsp3) is 0. The largest absolute Gasteiger partial charge is 0.438 e. The molecular formula is C14H7Cl2FN2O. The third kappa shape index (κ3) is 2.53. The predicted molar refractivity (Wildman–Crippen MR) is 76.0 cm³/mol. The van der Waals surface area contributed by atoms with Crippen molar-refractivity contribution >= 4 is 34.1 Å². The molecule has 0 radical (unpaired) electrons. The number of para-hydroxylation sites is 1. The zero-order chi connectivity index (χ0) is 14.1. The Balaban J connectivity index is 2.07. The van der Waals surface area contributed by atoms with Crippen molar-refractivity contribution in [3.05, 3.63) is 58.6 Å². The number of hydrogen-bond acceptors (Lipinski definition) is 3. The van der Waals surface area contributed by atoms with Gasteiger partial charge in [-0.1, -0.05) is 23.7 Å². The molecule has 1 aromatic heterocycles. The number of rotatable bonds is 2. The van der Waals surface area contributed by atoms with Gasteiger partial charge in [0.2, 0.25) is 11.2 Å². The summed E-state index contributed by atoms with van der Waals surface area (Å²) in [5.41, 5.74) is 0.650. The molecular weight excluding hydrogens is 302 g/mol. The van der Waals surface area contributed by atoms with Crippen LogP contribution < -0.4 is 4.74 Å². The molecule has 0 bridgehead atoms. The van der Waals surface area contributed by atoms with E-state index in [-0.39, 0.29) is 21.9 Å². The lowest BCUT2D eigenvalue weighted by Gasteiger charge is -2.08. The van der Waals surface area contributed by atoms with Gasteiger partial charge in [-0.05, 0) is 35.9 Å². The van der Waals surface area contributed by atoms with Crippen LogP contribution in [0.4, 0.5) is 4.39 Å². The minimum atomic E-state index is -0.561. The van der Waals surface area contributed by atoms with E-state index < -0.39 is 5.82 Å². The first kappa shape index (κ1) is 13.1. The minimum absolute atomic E-state index is 0.0305. The molecule has 100 valence electrons. The first-order valence-corrected chi connectivity index (χ1v) is 6.44. The van der Waals surface area contributed by atoms with E-state index in [9.17, 15) is 4.39 Å². The number of nitrogens with zero attached hydrogens (tertiary/aromatic N) is 2. The molecule has 20 heavy (non-hydrogen) atoms. The predicted octanol–water partition coefficient (Wildman–Crippen LogP) is 4.87. The average molecular weight is 309 g/mol. The van der Waals surface area contributed by atoms with Crippen LogP contribution in [0.3, 0.4) is 0 Å². The van der Waals surface area contributed by atoms with Gasteiger partial charge in [0.1, 0.15) is 11.6 Å². The first-order valence-electron chi connectivity index (χ1n) is 5.69. The summed E-state index contributed by atoms with van der Waals surface area (Å²) in [6.45, 7) is 0. The molecule has 0 atom stereocenters. The van der Waals surface area contributed by atoms with Gasteiger partial charge in [0.15, 0.2) is 0 Å². The standard InChI is InChI=1S/C14H7Cl2FN2O/c15-10-6-5-8(7-11(10)17)20-13-9-3-1-2-4-12(9)18-14(16)19-13/h1-7H. The average Bonchev–Trinajstić information content (AvgIpc) is 2.43. The third-order valence-corrected chi connectivity index (χ3v) is 3.12. The van der Waals surface area contributed by atoms with Gasteiger partial charge in [-0.15, -0.1) is 0 Å². The Bertz CT molecular complexity index is 795. The molecule has 0 fully saturated rings. The second-order valence-electron chi connectivity index (χ2n) is 3.99. The lowest BCUT2D eigenvalue weighted by atomic mass is 10.2. The van der Waals surface area contributed by atoms with Gasteiger partial charge in [-0.3, -0.25) is 0 Å². The Morgan fingerprint density at radius 1 is 1.00 bits per heavy atom. The summed E-state index contributed by atoms with van der Waals surface area (Å²) >= 11 is 11.5. The maximum atomic E-state index is 13.4. The molecule has 6 heteroatoms. The molecule has 3 rings (SSSR count). The highest BCUT2D eigenvalue weighted by Crippen LogP contribution is 2.29. The molecule has 2 aromatic carbocycles. The summed E-state index contributed by atoms with van der Waals surface area (Å²) in [5, 5.41) is 0.781. The molecule has 0 saturated heterocycles. The van der Waals surface area contributed by atoms with Crippen LogP contribution in [-0.2, 0) is 0 Å². The molecule has 3 nitrogen and oxygen atoms in total. The highest BCUT2D eigenvalue weighted by atomic mass is 35.5. The highest BCUT2D eigenvalue weighted by Gasteiger charge is 2.10. The highest BCUT2D eigenvalue weighted by molar-refractivity contribution is 6.30. The van der Waals surface area contributed by atoms with Gasteiger partial charge in [-0.2, -0.15) is 4.98 Å². The first-order chi connectivity index (χ1) is 9.63. The molecule has 0 saturated carbocycles. The van der Waals surface area contributed by atoms with Crippen LogP contribution in [0, 0.1) is 5.82 Å². The molecule has 0 unspecified atom stereocenters. The summed E-state index contributed by atoms with van der Waals surface area (Å²) in [7, 11) is 0. The normalized spacial score (nSPS) is 10.8. The van der Waals surface area contributed by atoms with Crippen LogP contribution in [0.15, 0.2) is 42.5 Å². The molecule has 1 heterocycles. The second kappa shape index (κ2) is 5.23. The third-order valence-electron chi connectivity index (χ3n) is 2.65. The van der Waals surface area contributed by atoms with E-state index in [0.29, 0.717) is 10.9 Å². The summed E-state index contributed by atoms with van der Waals surface area (Å²) in [5.74, 6) is -0.0113. The van der Waals surface area contributed by atoms with Crippen LogP contribution in [-0.4, -0.2) is 9.97 Å². The van der Waals surface area contributed by atoms with Crippen LogP contribution in [0.2, 0.25) is 10.3 Å². The number of fused-ring (bicyclic) bond motifs is 1. The monoisotopic (exact) mass is 308 g/mol. The van der Waals surface area contributed by atoms with Crippen molar-refractivity contribution in [2.24, 2.45) is 0 Å². The quantitative estimate of drug-likeness (QED) is 0.634. The summed E-state index contributed by atoms with van der Waals surface area (Å²) in [6, 6.07) is 11.4. The summed E-state index contributed by atoms with van der Waals surface area (Å²) in [4.78, 5) is 8.11. The molecule has 0 aliphatic heterocycles. The molecule has 0 N–H and O–H groups in total. The molecule has 0 amide bonds. The summed E-state index contributed by atoms with van der Waals surface area (Å²) < 4.78 is 19.0. The maximum Gasteiger partial charge on any atom is 0.231 e. The Hall–Kier alpha value is -1.91. The van der Waals surface area contributed by atoms with Crippen molar-refractivity contribution in [2.45, 2.75) is 0 Å². The number of hydrogen-bond donors (Lipinski definition) is 0. The SMILES string of the molecule is Fc1cc(Oc2nc(Cl)nc3ccccc23)ccc1Cl. The fourth-order valence-electron chi connectivity index (χ4n) is 1.75. The van der Waals surface area contributed by atoms with Crippen LogP contribution in [0.1, 0.15) is 0 Å². The smallest absolute Gasteiger partial charge is 0.231 e. The maximum absolute atomic E-state index is 13.4. The van der Waals surface area contributed by atoms with Crippen molar-refractivity contribution < 1.29 is 9.13 Å². The zero-order valence-electron chi connectivity index (χ0n) is 9.98. The number of benzene rings is 2. The van der Waals surface area contributed by atoms with E-state index in [4.69, 9.17) is 27.9 Å². The number of aromatic nitrogens is 2. The lowest BCUT2D eigenvalue weighted by Crippen LogP contribution is -1.93. The van der Waals surface area contributed by atoms with Crippen LogP contribution in [0.5, 0.6) is 11.6 Å². The van der Waals surface area contributed by atoms with E-state index in [1.807, 2.05) is 12.1 Å². The van der Waals surface area contributed by atoms with Crippen molar-refractivity contribution in [2.75, 3.05) is 0 Å². The Kier molecular flexibility index (Phi) is 3.42. The number of halogens is 3. The van der Waals surface area contributed by atoms with E-state index in [2.05, 4.69) is 9.97 Å². The topological polar surface area (TPSA) is 35.0 Å². The van der Waals surface area contributed by atoms with E-state index in [1.54, 1.807) is 18.2 Å². The molecule has 0 aliphatic carbocycles. The van der Waals surface area contributed by atoms with Crippen molar-refractivity contribution in [1.29, 1.82) is 0 Å². The Labute approximate surface area is 123 Å². The van der Waals surface area contributed by atoms with Crippen molar-refractivity contribution in [3.8, 4) is 11.6 Å².